The molecule has 3 aromatic rings. The number of halogens is 10. The minimum Gasteiger partial charge on any atom is -0.254 e. The maximum atomic E-state index is 14.0. The minimum atomic E-state index is -11.7. The summed E-state index contributed by atoms with van der Waals surface area (Å²) in [5.41, 5.74) is -5.13. The first-order valence-corrected chi connectivity index (χ1v) is 15.4. The van der Waals surface area contributed by atoms with E-state index < -0.39 is 81.3 Å². The standard InChI is InChI=1S/C24H10F10N8S2/c1-9-10(2)40-21-13(39-9)5-11-18(16(8-36)38-4)20-12(17(19(11)21)15(7-35)37-3)6-14-22(20)42-24(44(30,31,32,33)34)23(41-14)43(25,26,27,28)29/h5-6H2,1-2H3/b17-15-,18-16+. The quantitative estimate of drug-likeness (QED) is 0.143. The van der Waals surface area contributed by atoms with Gasteiger partial charge in [-0.3, -0.25) is 4.98 Å². The summed E-state index contributed by atoms with van der Waals surface area (Å²) in [4.78, 5) is 19.7. The molecule has 2 heterocycles. The van der Waals surface area contributed by atoms with Crippen LogP contribution in [0.2, 0.25) is 0 Å². The average molecular weight is 665 g/mol. The van der Waals surface area contributed by atoms with E-state index in [0.29, 0.717) is 11.4 Å². The Bertz CT molecular complexity index is 2230. The Morgan fingerprint density at radius 3 is 1.39 bits per heavy atom. The highest BCUT2D eigenvalue weighted by molar-refractivity contribution is 8.48. The van der Waals surface area contributed by atoms with Crippen LogP contribution >= 0.6 is 20.4 Å². The van der Waals surface area contributed by atoms with Gasteiger partial charge in [0.15, 0.2) is 0 Å². The smallest absolute Gasteiger partial charge is 0.254 e. The molecule has 0 radical (unpaired) electrons. The van der Waals surface area contributed by atoms with Gasteiger partial charge in [0.05, 0.1) is 59.4 Å². The minimum absolute atomic E-state index is 0.00177. The molecule has 1 aromatic carbocycles. The first kappa shape index (κ1) is 30.5. The van der Waals surface area contributed by atoms with Gasteiger partial charge in [0.25, 0.3) is 11.4 Å². The summed E-state index contributed by atoms with van der Waals surface area (Å²) in [6.07, 6.45) is -1.47. The highest BCUT2D eigenvalue weighted by Crippen LogP contribution is 3.08. The van der Waals surface area contributed by atoms with Crippen molar-refractivity contribution >= 4 is 31.8 Å². The van der Waals surface area contributed by atoms with E-state index in [9.17, 15) is 49.4 Å². The summed E-state index contributed by atoms with van der Waals surface area (Å²) in [7, 11) is -23.3. The first-order valence-electron chi connectivity index (χ1n) is 11.5. The van der Waals surface area contributed by atoms with Crippen molar-refractivity contribution in [2.75, 3.05) is 0 Å². The molecule has 0 fully saturated rings. The molecule has 0 saturated heterocycles. The molecule has 0 atom stereocenters. The summed E-state index contributed by atoms with van der Waals surface area (Å²) in [6.45, 7) is 18.1. The molecule has 0 bridgehead atoms. The van der Waals surface area contributed by atoms with E-state index >= 15 is 0 Å². The normalized spacial score (nSPS) is 17.8. The molecule has 2 aromatic heterocycles. The number of nitriles is 2. The molecule has 228 valence electrons. The van der Waals surface area contributed by atoms with Crippen molar-refractivity contribution in [3.8, 4) is 34.7 Å². The summed E-state index contributed by atoms with van der Waals surface area (Å²) in [6, 6.07) is 3.01. The summed E-state index contributed by atoms with van der Waals surface area (Å²) in [5.74, 6) is 0. The van der Waals surface area contributed by atoms with E-state index in [1.54, 1.807) is 6.92 Å². The number of hydrogen-bond acceptors (Lipinski definition) is 6. The Kier molecular flexibility index (Phi) is 5.26. The van der Waals surface area contributed by atoms with Gasteiger partial charge in [-0.1, -0.05) is 38.9 Å². The van der Waals surface area contributed by atoms with Gasteiger partial charge in [0.2, 0.25) is 10.1 Å². The monoisotopic (exact) mass is 664 g/mol. The highest BCUT2D eigenvalue weighted by Gasteiger charge is 2.78. The van der Waals surface area contributed by atoms with Crippen molar-refractivity contribution in [3.63, 3.8) is 0 Å². The number of hydrogen-bond donors (Lipinski definition) is 0. The zero-order valence-corrected chi connectivity index (χ0v) is 23.2. The Morgan fingerprint density at radius 2 is 1.00 bits per heavy atom. The van der Waals surface area contributed by atoms with E-state index in [1.807, 2.05) is 0 Å². The van der Waals surface area contributed by atoms with Gasteiger partial charge >= 0.3 is 20.4 Å². The van der Waals surface area contributed by atoms with Crippen molar-refractivity contribution in [2.45, 2.75) is 36.7 Å². The fraction of sp³-hybridized carbons (Fsp3) is 0.167. The number of aryl methyl sites for hydroxylation is 2. The van der Waals surface area contributed by atoms with Crippen molar-refractivity contribution in [1.82, 2.24) is 19.9 Å². The summed E-state index contributed by atoms with van der Waals surface area (Å²) in [5, 5.41) is 9.99. The van der Waals surface area contributed by atoms with Crippen LogP contribution < -0.4 is 10.4 Å². The molecule has 0 unspecified atom stereocenters. The highest BCUT2D eigenvalue weighted by atomic mass is 32.5. The van der Waals surface area contributed by atoms with Crippen LogP contribution in [0.15, 0.2) is 10.1 Å². The van der Waals surface area contributed by atoms with Crippen molar-refractivity contribution in [1.29, 1.82) is 10.5 Å². The average Bonchev–Trinajstić information content (AvgIpc) is 3.41. The van der Waals surface area contributed by atoms with Crippen LogP contribution in [0.1, 0.15) is 33.9 Å². The predicted molar refractivity (Wildman–Crippen MR) is 137 cm³/mol. The molecule has 2 aliphatic rings. The Morgan fingerprint density at radius 1 is 0.636 bits per heavy atom. The van der Waals surface area contributed by atoms with Crippen molar-refractivity contribution in [3.05, 3.63) is 67.2 Å². The number of rotatable bonds is 2. The maximum absolute atomic E-state index is 14.0. The van der Waals surface area contributed by atoms with E-state index in [0.717, 1.165) is 0 Å². The lowest BCUT2D eigenvalue weighted by atomic mass is 9.92. The largest absolute Gasteiger partial charge is 0.328 e. The third-order valence-electron chi connectivity index (χ3n) is 6.79. The molecule has 0 N–H and O–H groups in total. The molecule has 0 amide bonds. The van der Waals surface area contributed by atoms with Crippen LogP contribution in [0.4, 0.5) is 38.9 Å². The molecule has 8 nitrogen and oxygen atoms in total. The van der Waals surface area contributed by atoms with Crippen LogP contribution in [-0.4, -0.2) is 19.9 Å². The molecule has 0 spiro atoms. The summed E-state index contributed by atoms with van der Waals surface area (Å²) >= 11 is 0. The van der Waals surface area contributed by atoms with Crippen LogP contribution in [0.5, 0.6) is 0 Å². The second-order valence-corrected chi connectivity index (χ2v) is 14.4. The van der Waals surface area contributed by atoms with E-state index in [2.05, 4.69) is 29.6 Å². The van der Waals surface area contributed by atoms with Gasteiger partial charge in [-0.2, -0.15) is 0 Å². The maximum Gasteiger partial charge on any atom is 0.328 e. The molecule has 44 heavy (non-hydrogen) atoms. The van der Waals surface area contributed by atoms with Gasteiger partial charge < -0.3 is 0 Å². The number of aromatic nitrogens is 4. The zero-order valence-electron chi connectivity index (χ0n) is 21.6. The molecular weight excluding hydrogens is 654 g/mol. The molecule has 20 heteroatoms. The Hall–Kier alpha value is -4.92. The van der Waals surface area contributed by atoms with E-state index in [1.165, 1.54) is 19.1 Å². The van der Waals surface area contributed by atoms with Gasteiger partial charge in [0, 0.05) is 34.4 Å². The van der Waals surface area contributed by atoms with Crippen LogP contribution in [0.3, 0.4) is 0 Å². The predicted octanol–water partition coefficient (Wildman–Crippen LogP) is 7.44. The van der Waals surface area contributed by atoms with Gasteiger partial charge in [-0.05, 0) is 25.0 Å². The SMILES string of the molecule is [C-]#[N+]/C(C#N)=c1/c2c(/c(=C(\C#N)[N+]#[C-])c3c1-c1nc(C)c(C)nc1C3)-c1nc(S(F)(F)(F)(F)F)c(S(F)(F)(F)(F)F)nc1C2. The third-order valence-corrected chi connectivity index (χ3v) is 8.95. The zero-order chi connectivity index (χ0) is 33.1. The van der Waals surface area contributed by atoms with Gasteiger partial charge in [-0.15, -0.1) is 0 Å². The topological polar surface area (TPSA) is 108 Å². The third kappa shape index (κ3) is 4.54. The molecule has 5 rings (SSSR count). The lowest BCUT2D eigenvalue weighted by Crippen LogP contribution is -2.26. The second-order valence-electron chi connectivity index (χ2n) is 9.71. The Labute approximate surface area is 239 Å². The molecule has 0 saturated carbocycles. The molecule has 2 aliphatic carbocycles. The van der Waals surface area contributed by atoms with E-state index in [4.69, 9.17) is 13.1 Å². The van der Waals surface area contributed by atoms with Crippen molar-refractivity contribution < 1.29 is 38.9 Å². The van der Waals surface area contributed by atoms with Crippen LogP contribution in [0.25, 0.3) is 43.6 Å². The van der Waals surface area contributed by atoms with Crippen LogP contribution in [-0.2, 0) is 12.8 Å². The van der Waals surface area contributed by atoms with Gasteiger partial charge in [-0.25, -0.2) is 35.2 Å². The van der Waals surface area contributed by atoms with Gasteiger partial charge in [0.1, 0.15) is 0 Å². The number of fused-ring (bicyclic) bond motifs is 6. The lowest BCUT2D eigenvalue weighted by molar-refractivity contribution is 0.323. The fourth-order valence-corrected chi connectivity index (χ4v) is 7.34. The fourth-order valence-electron chi connectivity index (χ4n) is 5.10. The molecular formula is C24H10F10N8S2. The second kappa shape index (κ2) is 7.59. The number of benzene rings is 1. The van der Waals surface area contributed by atoms with Crippen LogP contribution in [0, 0.1) is 49.7 Å². The first-order chi connectivity index (χ1) is 19.7. The summed E-state index contributed by atoms with van der Waals surface area (Å²) < 4.78 is 139. The van der Waals surface area contributed by atoms with E-state index in [-0.39, 0.29) is 28.9 Å². The Balaban J connectivity index is 2.13. The number of nitrogens with zero attached hydrogens (tertiary/aromatic N) is 8. The van der Waals surface area contributed by atoms with Crippen molar-refractivity contribution in [2.24, 2.45) is 0 Å². The lowest BCUT2D eigenvalue weighted by Gasteiger charge is -2.46. The molecule has 0 aliphatic heterocycles.